The monoisotopic (exact) mass is 291 g/mol. The van der Waals surface area contributed by atoms with Gasteiger partial charge in [0.05, 0.1) is 11.7 Å². The summed E-state index contributed by atoms with van der Waals surface area (Å²) in [6.07, 6.45) is 4.02. The van der Waals surface area contributed by atoms with E-state index in [-0.39, 0.29) is 12.4 Å². The lowest BCUT2D eigenvalue weighted by Gasteiger charge is -2.12. The van der Waals surface area contributed by atoms with Gasteiger partial charge in [0.1, 0.15) is 6.61 Å². The minimum Gasteiger partial charge on any atom is -0.484 e. The van der Waals surface area contributed by atoms with E-state index in [9.17, 15) is 4.39 Å². The minimum absolute atomic E-state index is 0.226. The molecule has 1 aromatic heterocycles. The van der Waals surface area contributed by atoms with Gasteiger partial charge in [0.15, 0.2) is 11.6 Å². The number of nitrogens with zero attached hydrogens (tertiary/aromatic N) is 2. The normalized spacial score (nSPS) is 11.1. The Morgan fingerprint density at radius 2 is 2.05 bits per heavy atom. The van der Waals surface area contributed by atoms with Crippen molar-refractivity contribution in [3.05, 3.63) is 47.5 Å². The maximum absolute atomic E-state index is 13.8. The molecule has 1 heterocycles. The highest BCUT2D eigenvalue weighted by molar-refractivity contribution is 5.29. The first kappa shape index (κ1) is 15.5. The van der Waals surface area contributed by atoms with Crippen molar-refractivity contribution >= 4 is 0 Å². The van der Waals surface area contributed by atoms with Crippen LogP contribution < -0.4 is 10.5 Å². The van der Waals surface area contributed by atoms with Gasteiger partial charge in [0, 0.05) is 12.7 Å². The molecular formula is C16H22FN3O. The highest BCUT2D eigenvalue weighted by Gasteiger charge is 2.09. The molecule has 5 heteroatoms. The van der Waals surface area contributed by atoms with Crippen LogP contribution in [0, 0.1) is 5.82 Å². The zero-order valence-corrected chi connectivity index (χ0v) is 12.6. The van der Waals surface area contributed by atoms with Crippen LogP contribution in [0.2, 0.25) is 0 Å². The van der Waals surface area contributed by atoms with Gasteiger partial charge in [-0.05, 0) is 36.6 Å². The predicted octanol–water partition coefficient (Wildman–Crippen LogP) is 3.42. The third kappa shape index (κ3) is 3.82. The van der Waals surface area contributed by atoms with E-state index in [2.05, 4.69) is 18.9 Å². The van der Waals surface area contributed by atoms with Crippen LogP contribution in [-0.4, -0.2) is 9.78 Å². The van der Waals surface area contributed by atoms with E-state index in [0.717, 1.165) is 24.1 Å². The quantitative estimate of drug-likeness (QED) is 0.850. The summed E-state index contributed by atoms with van der Waals surface area (Å²) in [6.45, 7) is 4.85. The highest BCUT2D eigenvalue weighted by Crippen LogP contribution is 2.20. The van der Waals surface area contributed by atoms with Gasteiger partial charge in [-0.1, -0.05) is 19.9 Å². The standard InChI is InChI=1S/C16H22FN3O/c1-3-14(4-2)20-8-7-13(19-20)11-21-16-6-5-12(10-18)9-15(16)17/h5-9,14H,3-4,10-11,18H2,1-2H3. The summed E-state index contributed by atoms with van der Waals surface area (Å²) in [5.41, 5.74) is 7.01. The third-order valence-electron chi connectivity index (χ3n) is 3.59. The van der Waals surface area contributed by atoms with Crippen molar-refractivity contribution in [3.63, 3.8) is 0 Å². The maximum Gasteiger partial charge on any atom is 0.165 e. The maximum atomic E-state index is 13.8. The molecule has 2 N–H and O–H groups in total. The molecule has 0 aliphatic rings. The van der Waals surface area contributed by atoms with Crippen LogP contribution in [0.1, 0.15) is 44.0 Å². The third-order valence-corrected chi connectivity index (χ3v) is 3.59. The minimum atomic E-state index is -0.391. The number of rotatable bonds is 7. The molecule has 0 bridgehead atoms. The van der Waals surface area contributed by atoms with Gasteiger partial charge in [-0.2, -0.15) is 5.10 Å². The van der Waals surface area contributed by atoms with E-state index in [0.29, 0.717) is 12.6 Å². The lowest BCUT2D eigenvalue weighted by Crippen LogP contribution is -2.08. The molecule has 0 spiro atoms. The van der Waals surface area contributed by atoms with E-state index in [1.54, 1.807) is 12.1 Å². The molecule has 0 unspecified atom stereocenters. The second-order valence-corrected chi connectivity index (χ2v) is 5.01. The fourth-order valence-corrected chi connectivity index (χ4v) is 2.26. The summed E-state index contributed by atoms with van der Waals surface area (Å²) < 4.78 is 21.2. The number of nitrogens with two attached hydrogens (primary N) is 1. The molecule has 2 aromatic rings. The summed E-state index contributed by atoms with van der Waals surface area (Å²) in [5, 5.41) is 4.48. The van der Waals surface area contributed by atoms with Gasteiger partial charge >= 0.3 is 0 Å². The average molecular weight is 291 g/mol. The molecule has 0 aliphatic carbocycles. The Kier molecular flexibility index (Phi) is 5.33. The van der Waals surface area contributed by atoms with E-state index in [4.69, 9.17) is 10.5 Å². The van der Waals surface area contributed by atoms with E-state index in [1.165, 1.54) is 6.07 Å². The largest absolute Gasteiger partial charge is 0.484 e. The number of halogens is 1. The molecule has 4 nitrogen and oxygen atoms in total. The highest BCUT2D eigenvalue weighted by atomic mass is 19.1. The van der Waals surface area contributed by atoms with Crippen LogP contribution in [-0.2, 0) is 13.2 Å². The van der Waals surface area contributed by atoms with Gasteiger partial charge in [-0.25, -0.2) is 4.39 Å². The molecule has 0 fully saturated rings. The van der Waals surface area contributed by atoms with Crippen molar-refractivity contribution in [2.24, 2.45) is 5.73 Å². The molecular weight excluding hydrogens is 269 g/mol. The van der Waals surface area contributed by atoms with Crippen molar-refractivity contribution < 1.29 is 9.13 Å². The summed E-state index contributed by atoms with van der Waals surface area (Å²) in [7, 11) is 0. The van der Waals surface area contributed by atoms with Crippen molar-refractivity contribution in [3.8, 4) is 5.75 Å². The Morgan fingerprint density at radius 3 is 2.67 bits per heavy atom. The second-order valence-electron chi connectivity index (χ2n) is 5.01. The van der Waals surface area contributed by atoms with Crippen LogP contribution >= 0.6 is 0 Å². The molecule has 0 amide bonds. The Labute approximate surface area is 124 Å². The zero-order valence-electron chi connectivity index (χ0n) is 12.6. The summed E-state index contributed by atoms with van der Waals surface area (Å²) in [4.78, 5) is 0. The van der Waals surface area contributed by atoms with Gasteiger partial charge in [0.2, 0.25) is 0 Å². The van der Waals surface area contributed by atoms with E-state index < -0.39 is 5.82 Å². The molecule has 21 heavy (non-hydrogen) atoms. The number of benzene rings is 1. The average Bonchev–Trinajstić information content (AvgIpc) is 2.96. The van der Waals surface area contributed by atoms with Gasteiger partial charge in [-0.15, -0.1) is 0 Å². The number of aromatic nitrogens is 2. The molecule has 114 valence electrons. The summed E-state index contributed by atoms with van der Waals surface area (Å²) in [5.74, 6) is -0.165. The Hall–Kier alpha value is -1.88. The molecule has 2 rings (SSSR count). The van der Waals surface area contributed by atoms with Crippen molar-refractivity contribution in [1.82, 2.24) is 9.78 Å². The number of ether oxygens (including phenoxy) is 1. The van der Waals surface area contributed by atoms with E-state index >= 15 is 0 Å². The van der Waals surface area contributed by atoms with Crippen LogP contribution in [0.25, 0.3) is 0 Å². The molecule has 0 aliphatic heterocycles. The fourth-order valence-electron chi connectivity index (χ4n) is 2.26. The molecule has 1 aromatic carbocycles. The van der Waals surface area contributed by atoms with E-state index in [1.807, 2.05) is 16.9 Å². The lowest BCUT2D eigenvalue weighted by molar-refractivity contribution is 0.282. The van der Waals surface area contributed by atoms with Crippen LogP contribution in [0.4, 0.5) is 4.39 Å². The number of hydrogen-bond acceptors (Lipinski definition) is 3. The van der Waals surface area contributed by atoms with Crippen LogP contribution in [0.5, 0.6) is 5.75 Å². The lowest BCUT2D eigenvalue weighted by atomic mass is 10.2. The molecule has 0 atom stereocenters. The Bertz CT molecular complexity index is 579. The first-order valence-electron chi connectivity index (χ1n) is 7.33. The van der Waals surface area contributed by atoms with Crippen molar-refractivity contribution in [2.45, 2.75) is 45.9 Å². The van der Waals surface area contributed by atoms with Gasteiger partial charge in [0.25, 0.3) is 0 Å². The Morgan fingerprint density at radius 1 is 1.29 bits per heavy atom. The topological polar surface area (TPSA) is 53.1 Å². The Balaban J connectivity index is 2.00. The zero-order chi connectivity index (χ0) is 15.2. The SMILES string of the molecule is CCC(CC)n1ccc(COc2ccc(CN)cc2F)n1. The molecule has 0 saturated carbocycles. The first-order chi connectivity index (χ1) is 10.2. The smallest absolute Gasteiger partial charge is 0.165 e. The summed E-state index contributed by atoms with van der Waals surface area (Å²) >= 11 is 0. The van der Waals surface area contributed by atoms with Crippen LogP contribution in [0.15, 0.2) is 30.5 Å². The predicted molar refractivity (Wildman–Crippen MR) is 80.5 cm³/mol. The summed E-state index contributed by atoms with van der Waals surface area (Å²) in [6, 6.07) is 7.08. The fraction of sp³-hybridized carbons (Fsp3) is 0.438. The van der Waals surface area contributed by atoms with Gasteiger partial charge < -0.3 is 10.5 Å². The number of hydrogen-bond donors (Lipinski definition) is 1. The second kappa shape index (κ2) is 7.22. The van der Waals surface area contributed by atoms with Crippen molar-refractivity contribution in [2.75, 3.05) is 0 Å². The van der Waals surface area contributed by atoms with Crippen molar-refractivity contribution in [1.29, 1.82) is 0 Å². The first-order valence-corrected chi connectivity index (χ1v) is 7.33. The molecule has 0 saturated heterocycles. The van der Waals surface area contributed by atoms with Gasteiger partial charge in [-0.3, -0.25) is 4.68 Å². The molecule has 0 radical (unpaired) electrons. The van der Waals surface area contributed by atoms with Crippen LogP contribution in [0.3, 0.4) is 0 Å².